The average molecular weight is 600 g/mol. The van der Waals surface area contributed by atoms with Gasteiger partial charge in [0.1, 0.15) is 12.3 Å². The molecule has 0 atom stereocenters. The van der Waals surface area contributed by atoms with Crippen LogP contribution in [0.4, 0.5) is 5.95 Å². The van der Waals surface area contributed by atoms with Crippen LogP contribution in [-0.4, -0.2) is 39.9 Å². The van der Waals surface area contributed by atoms with Gasteiger partial charge in [0.15, 0.2) is 0 Å². The number of carbonyl (C=O) groups is 2. The van der Waals surface area contributed by atoms with E-state index in [0.29, 0.717) is 16.7 Å². The van der Waals surface area contributed by atoms with Crippen LogP contribution in [0.3, 0.4) is 0 Å². The van der Waals surface area contributed by atoms with Crippen LogP contribution in [0.1, 0.15) is 21.5 Å². The summed E-state index contributed by atoms with van der Waals surface area (Å²) in [4.78, 5) is 33.3. The second-order valence-electron chi connectivity index (χ2n) is 9.70. The number of aryl methyl sites for hydroxylation is 1. The van der Waals surface area contributed by atoms with E-state index < -0.39 is 11.8 Å². The number of methoxy groups -OCH3 is 1. The van der Waals surface area contributed by atoms with Gasteiger partial charge < -0.3 is 9.64 Å². The molecule has 7 nitrogen and oxygen atoms in total. The maximum absolute atomic E-state index is 13.6. The number of benzene rings is 4. The summed E-state index contributed by atoms with van der Waals surface area (Å²) in [6.07, 6.45) is 1.86. The van der Waals surface area contributed by atoms with E-state index >= 15 is 0 Å². The molecule has 0 unspecified atom stereocenters. The van der Waals surface area contributed by atoms with E-state index in [9.17, 15) is 9.59 Å². The lowest BCUT2D eigenvalue weighted by atomic mass is 10.1. The number of nitrogens with one attached hydrogen (secondary N) is 1. The van der Waals surface area contributed by atoms with Crippen LogP contribution in [0.15, 0.2) is 103 Å². The lowest BCUT2D eigenvalue weighted by Gasteiger charge is -2.23. The summed E-state index contributed by atoms with van der Waals surface area (Å²) in [7, 11) is 1.61. The smallest absolute Gasteiger partial charge is 0.256 e. The van der Waals surface area contributed by atoms with E-state index in [1.807, 2.05) is 96.6 Å². The Bertz CT molecular complexity index is 1700. The molecule has 1 aromatic heterocycles. The Balaban J connectivity index is 1.45. The van der Waals surface area contributed by atoms with E-state index in [2.05, 4.69) is 5.32 Å². The number of amides is 2. The Labute approximate surface area is 254 Å². The number of anilines is 1. The zero-order chi connectivity index (χ0) is 29.6. The van der Waals surface area contributed by atoms with Crippen LogP contribution in [-0.2, 0) is 11.3 Å². The van der Waals surface area contributed by atoms with Crippen molar-refractivity contribution >= 4 is 41.0 Å². The predicted octanol–water partition coefficient (Wildman–Crippen LogP) is 7.44. The Morgan fingerprint density at radius 1 is 0.929 bits per heavy atom. The second kappa shape index (κ2) is 12.9. The first-order valence-corrected chi connectivity index (χ1v) is 14.0. The molecule has 0 radical (unpaired) electrons. The van der Waals surface area contributed by atoms with Gasteiger partial charge in [0, 0.05) is 29.0 Å². The van der Waals surface area contributed by atoms with Crippen molar-refractivity contribution in [3.63, 3.8) is 0 Å². The van der Waals surface area contributed by atoms with Crippen molar-refractivity contribution < 1.29 is 14.3 Å². The Morgan fingerprint density at radius 3 is 2.31 bits per heavy atom. The monoisotopic (exact) mass is 598 g/mol. The fraction of sp³-hybridized carbons (Fsp3) is 0.121. The van der Waals surface area contributed by atoms with E-state index in [4.69, 9.17) is 32.9 Å². The minimum atomic E-state index is -0.412. The number of rotatable bonds is 9. The number of carbonyl (C=O) groups excluding carboxylic acids is 2. The second-order valence-corrected chi connectivity index (χ2v) is 10.5. The van der Waals surface area contributed by atoms with Crippen LogP contribution in [0.5, 0.6) is 5.75 Å². The summed E-state index contributed by atoms with van der Waals surface area (Å²) in [5.74, 6) is 0.251. The molecule has 9 heteroatoms. The molecule has 0 aliphatic rings. The number of nitrogens with zero attached hydrogens (tertiary/aromatic N) is 3. The van der Waals surface area contributed by atoms with Crippen molar-refractivity contribution in [1.29, 1.82) is 0 Å². The van der Waals surface area contributed by atoms with Gasteiger partial charge in [-0.1, -0.05) is 71.2 Å². The molecule has 0 saturated carbocycles. The van der Waals surface area contributed by atoms with Gasteiger partial charge in [-0.2, -0.15) is 0 Å². The third-order valence-corrected chi connectivity index (χ3v) is 7.20. The molecule has 212 valence electrons. The molecular formula is C33H28Cl2N4O3. The van der Waals surface area contributed by atoms with E-state index in [-0.39, 0.29) is 23.7 Å². The summed E-state index contributed by atoms with van der Waals surface area (Å²) >= 11 is 12.4. The number of ether oxygens (including phenoxy) is 1. The number of hydrogen-bond acceptors (Lipinski definition) is 4. The van der Waals surface area contributed by atoms with Gasteiger partial charge in [-0.3, -0.25) is 19.5 Å². The Morgan fingerprint density at radius 2 is 1.64 bits per heavy atom. The first-order valence-electron chi connectivity index (χ1n) is 13.2. The lowest BCUT2D eigenvalue weighted by Crippen LogP contribution is -2.38. The van der Waals surface area contributed by atoms with E-state index in [1.54, 1.807) is 19.2 Å². The van der Waals surface area contributed by atoms with Crippen LogP contribution >= 0.6 is 23.2 Å². The average Bonchev–Trinajstić information content (AvgIpc) is 3.41. The van der Waals surface area contributed by atoms with Gasteiger partial charge in [-0.25, -0.2) is 4.98 Å². The van der Waals surface area contributed by atoms with Gasteiger partial charge in [0.2, 0.25) is 11.9 Å². The molecular weight excluding hydrogens is 571 g/mol. The summed E-state index contributed by atoms with van der Waals surface area (Å²) in [5, 5.41) is 3.55. The van der Waals surface area contributed by atoms with Crippen molar-refractivity contribution in [2.75, 3.05) is 19.0 Å². The highest BCUT2D eigenvalue weighted by molar-refractivity contribution is 6.36. The first-order chi connectivity index (χ1) is 20.3. The zero-order valence-corrected chi connectivity index (χ0v) is 24.6. The largest absolute Gasteiger partial charge is 0.497 e. The number of halogens is 2. The van der Waals surface area contributed by atoms with Crippen molar-refractivity contribution in [2.24, 2.45) is 0 Å². The molecule has 1 heterocycles. The molecule has 0 bridgehead atoms. The molecule has 0 saturated heterocycles. The molecule has 0 fully saturated rings. The SMILES string of the molecule is COc1ccc(-c2cn(-c3ccc(C)cc3)c(NC(=O)CN(Cc3ccccc3)C(=O)c3ccc(Cl)cc3Cl)n2)cc1. The predicted molar refractivity (Wildman–Crippen MR) is 167 cm³/mol. The van der Waals surface area contributed by atoms with Crippen LogP contribution < -0.4 is 10.1 Å². The third-order valence-electron chi connectivity index (χ3n) is 6.65. The van der Waals surface area contributed by atoms with Crippen molar-refractivity contribution in [2.45, 2.75) is 13.5 Å². The zero-order valence-electron chi connectivity index (χ0n) is 23.1. The van der Waals surface area contributed by atoms with Gasteiger partial charge in [0.25, 0.3) is 5.91 Å². The van der Waals surface area contributed by atoms with Crippen molar-refractivity contribution in [3.8, 4) is 22.7 Å². The molecule has 0 aliphatic carbocycles. The lowest BCUT2D eigenvalue weighted by molar-refractivity contribution is -0.117. The number of hydrogen-bond donors (Lipinski definition) is 1. The Kier molecular flexibility index (Phi) is 8.91. The van der Waals surface area contributed by atoms with Crippen molar-refractivity contribution in [3.05, 3.63) is 130 Å². The quantitative estimate of drug-likeness (QED) is 0.191. The van der Waals surface area contributed by atoms with Crippen LogP contribution in [0.25, 0.3) is 16.9 Å². The normalized spacial score (nSPS) is 10.8. The third kappa shape index (κ3) is 6.82. The highest BCUT2D eigenvalue weighted by Gasteiger charge is 2.23. The minimum Gasteiger partial charge on any atom is -0.497 e. The fourth-order valence-electron chi connectivity index (χ4n) is 4.45. The fourth-order valence-corrected chi connectivity index (χ4v) is 4.93. The molecule has 0 spiro atoms. The summed E-state index contributed by atoms with van der Waals surface area (Å²) < 4.78 is 7.10. The van der Waals surface area contributed by atoms with Gasteiger partial charge in [-0.05, 0) is 67.1 Å². The summed E-state index contributed by atoms with van der Waals surface area (Å²) in [6.45, 7) is 1.98. The van der Waals surface area contributed by atoms with Gasteiger partial charge in [-0.15, -0.1) is 0 Å². The Hall–Kier alpha value is -4.59. The van der Waals surface area contributed by atoms with E-state index in [0.717, 1.165) is 28.1 Å². The standard InChI is InChI=1S/C33H28Cl2N4O3/c1-22-8-13-26(14-9-22)39-20-30(24-10-15-27(42-2)16-11-24)36-33(39)37-31(40)21-38(19-23-6-4-3-5-7-23)32(41)28-17-12-25(34)18-29(28)35/h3-18,20H,19,21H2,1-2H3,(H,36,37,40). The molecule has 2 amide bonds. The maximum atomic E-state index is 13.6. The molecule has 5 aromatic rings. The molecule has 42 heavy (non-hydrogen) atoms. The minimum absolute atomic E-state index is 0.204. The van der Waals surface area contributed by atoms with Gasteiger partial charge in [0.05, 0.1) is 23.4 Å². The van der Waals surface area contributed by atoms with Crippen LogP contribution in [0.2, 0.25) is 10.0 Å². The molecule has 4 aromatic carbocycles. The highest BCUT2D eigenvalue weighted by Crippen LogP contribution is 2.27. The van der Waals surface area contributed by atoms with Crippen molar-refractivity contribution in [1.82, 2.24) is 14.5 Å². The highest BCUT2D eigenvalue weighted by atomic mass is 35.5. The van der Waals surface area contributed by atoms with E-state index in [1.165, 1.54) is 11.0 Å². The molecule has 5 rings (SSSR count). The molecule has 0 aliphatic heterocycles. The summed E-state index contributed by atoms with van der Waals surface area (Å²) in [5.41, 5.74) is 4.58. The van der Waals surface area contributed by atoms with Crippen LogP contribution in [0, 0.1) is 6.92 Å². The number of aromatic nitrogens is 2. The molecule has 1 N–H and O–H groups in total. The summed E-state index contributed by atoms with van der Waals surface area (Å²) in [6, 6.07) is 29.5. The maximum Gasteiger partial charge on any atom is 0.256 e. The number of imidazole rings is 1. The van der Waals surface area contributed by atoms with Gasteiger partial charge >= 0.3 is 0 Å². The topological polar surface area (TPSA) is 76.5 Å². The first kappa shape index (κ1) is 28.9.